The summed E-state index contributed by atoms with van der Waals surface area (Å²) in [5.74, 6) is -0.312. The van der Waals surface area contributed by atoms with Crippen LogP contribution in [0.25, 0.3) is 0 Å². The highest BCUT2D eigenvalue weighted by molar-refractivity contribution is 9.10. The van der Waals surface area contributed by atoms with Crippen molar-refractivity contribution in [1.82, 2.24) is 4.57 Å². The van der Waals surface area contributed by atoms with E-state index in [0.29, 0.717) is 24.2 Å². The summed E-state index contributed by atoms with van der Waals surface area (Å²) in [6, 6.07) is 9.16. The van der Waals surface area contributed by atoms with Crippen molar-refractivity contribution in [2.75, 3.05) is 0 Å². The third-order valence-corrected chi connectivity index (χ3v) is 4.29. The summed E-state index contributed by atoms with van der Waals surface area (Å²) < 4.78 is 1.93. The molecule has 1 heterocycles. The number of unbranched alkanes of at least 4 members (excludes halogenated alkanes) is 1. The molecular weight excluding hydrogens is 372 g/mol. The number of nitriles is 1. The summed E-state index contributed by atoms with van der Waals surface area (Å²) >= 11 is 3.37. The lowest BCUT2D eigenvalue weighted by atomic mass is 10.1. The Morgan fingerprint density at radius 2 is 2.04 bits per heavy atom. The summed E-state index contributed by atoms with van der Waals surface area (Å²) in [6.45, 7) is 3.89. The Balaban J connectivity index is 2.59. The molecule has 0 atom stereocenters. The normalized spacial score (nSPS) is 10.9. The topological polar surface area (TPSA) is 90.7 Å². The van der Waals surface area contributed by atoms with E-state index in [9.17, 15) is 15.2 Å². The summed E-state index contributed by atoms with van der Waals surface area (Å²) in [5, 5.41) is 27.6. The van der Waals surface area contributed by atoms with E-state index in [1.807, 2.05) is 31.2 Å². The van der Waals surface area contributed by atoms with Gasteiger partial charge in [-0.15, -0.1) is 10.2 Å². The van der Waals surface area contributed by atoms with Gasteiger partial charge in [-0.25, -0.2) is 0 Å². The number of halogens is 1. The molecule has 7 heteroatoms. The van der Waals surface area contributed by atoms with Crippen molar-refractivity contribution in [3.05, 3.63) is 50.2 Å². The average molecular weight is 389 g/mol. The van der Waals surface area contributed by atoms with Gasteiger partial charge in [-0.3, -0.25) is 9.36 Å². The molecule has 1 aromatic carbocycles. The van der Waals surface area contributed by atoms with E-state index in [-0.39, 0.29) is 17.1 Å². The van der Waals surface area contributed by atoms with E-state index in [0.717, 1.165) is 10.9 Å². The van der Waals surface area contributed by atoms with Crippen LogP contribution in [0.1, 0.15) is 30.9 Å². The molecule has 0 bridgehead atoms. The first kappa shape index (κ1) is 17.9. The molecule has 6 nitrogen and oxygen atoms in total. The van der Waals surface area contributed by atoms with Crippen LogP contribution in [0.5, 0.6) is 5.88 Å². The fourth-order valence-corrected chi connectivity index (χ4v) is 2.58. The van der Waals surface area contributed by atoms with Crippen molar-refractivity contribution >= 4 is 27.3 Å². The van der Waals surface area contributed by atoms with Gasteiger partial charge in [0.05, 0.1) is 5.69 Å². The molecule has 0 aliphatic carbocycles. The largest absolute Gasteiger partial charge is 0.493 e. The van der Waals surface area contributed by atoms with Crippen LogP contribution in [0, 0.1) is 18.3 Å². The predicted molar refractivity (Wildman–Crippen MR) is 95.0 cm³/mol. The smallest absolute Gasteiger partial charge is 0.281 e. The van der Waals surface area contributed by atoms with Crippen LogP contribution < -0.4 is 5.56 Å². The first-order valence-corrected chi connectivity index (χ1v) is 8.33. The molecule has 1 N–H and O–H groups in total. The molecule has 0 aliphatic heterocycles. The number of pyridine rings is 1. The second-order valence-electron chi connectivity index (χ2n) is 5.25. The van der Waals surface area contributed by atoms with Crippen LogP contribution in [0.4, 0.5) is 11.4 Å². The summed E-state index contributed by atoms with van der Waals surface area (Å²) in [4.78, 5) is 12.6. The Bertz CT molecular complexity index is 881. The molecule has 2 aromatic rings. The Morgan fingerprint density at radius 1 is 1.33 bits per heavy atom. The number of hydrogen-bond donors (Lipinski definition) is 1. The number of rotatable bonds is 5. The Hall–Kier alpha value is -2.46. The number of hydrogen-bond acceptors (Lipinski definition) is 5. The molecule has 0 saturated heterocycles. The van der Waals surface area contributed by atoms with E-state index in [1.54, 1.807) is 13.0 Å². The molecule has 0 aliphatic rings. The molecule has 0 amide bonds. The number of aromatic hydroxyl groups is 1. The maximum atomic E-state index is 12.6. The summed E-state index contributed by atoms with van der Waals surface area (Å²) in [5.41, 5.74) is 0.558. The molecule has 0 spiro atoms. The first-order valence-electron chi connectivity index (χ1n) is 7.54. The zero-order valence-electron chi connectivity index (χ0n) is 13.5. The van der Waals surface area contributed by atoms with Gasteiger partial charge in [0.2, 0.25) is 5.88 Å². The SMILES string of the molecule is CCCCn1c(O)c(C#N)c(C)c(N=Nc2ccccc2Br)c1=O. The average Bonchev–Trinajstić information content (AvgIpc) is 2.56. The van der Waals surface area contributed by atoms with E-state index in [1.165, 1.54) is 4.57 Å². The van der Waals surface area contributed by atoms with Gasteiger partial charge in [-0.05, 0) is 41.4 Å². The van der Waals surface area contributed by atoms with Gasteiger partial charge in [0.25, 0.3) is 5.56 Å². The van der Waals surface area contributed by atoms with Crippen molar-refractivity contribution in [2.45, 2.75) is 33.2 Å². The second kappa shape index (κ2) is 7.88. The van der Waals surface area contributed by atoms with Crippen LogP contribution in [0.3, 0.4) is 0 Å². The lowest BCUT2D eigenvalue weighted by molar-refractivity contribution is 0.399. The highest BCUT2D eigenvalue weighted by Crippen LogP contribution is 2.29. The van der Waals surface area contributed by atoms with Crippen LogP contribution >= 0.6 is 15.9 Å². The molecule has 0 unspecified atom stereocenters. The molecule has 0 fully saturated rings. The molecule has 24 heavy (non-hydrogen) atoms. The van der Waals surface area contributed by atoms with Crippen molar-refractivity contribution in [1.29, 1.82) is 5.26 Å². The number of nitrogens with zero attached hydrogens (tertiary/aromatic N) is 4. The van der Waals surface area contributed by atoms with Gasteiger partial charge in [0.1, 0.15) is 11.6 Å². The van der Waals surface area contributed by atoms with Crippen LogP contribution in [0.2, 0.25) is 0 Å². The quantitative estimate of drug-likeness (QED) is 0.751. The van der Waals surface area contributed by atoms with Gasteiger partial charge in [-0.1, -0.05) is 25.5 Å². The van der Waals surface area contributed by atoms with Gasteiger partial charge in [0.15, 0.2) is 5.69 Å². The third-order valence-electron chi connectivity index (χ3n) is 3.61. The predicted octanol–water partition coefficient (Wildman–Crippen LogP) is 4.71. The molecule has 1 aromatic heterocycles. The van der Waals surface area contributed by atoms with E-state index in [2.05, 4.69) is 26.2 Å². The Morgan fingerprint density at radius 3 is 2.67 bits per heavy atom. The Labute approximate surface area is 148 Å². The van der Waals surface area contributed by atoms with Gasteiger partial charge in [0, 0.05) is 16.6 Å². The minimum absolute atomic E-state index is 0.0479. The maximum absolute atomic E-state index is 12.6. The van der Waals surface area contributed by atoms with Gasteiger partial charge < -0.3 is 5.11 Å². The molecule has 0 saturated carbocycles. The fourth-order valence-electron chi connectivity index (χ4n) is 2.22. The molecular formula is C17H17BrN4O2. The number of benzene rings is 1. The lowest BCUT2D eigenvalue weighted by Crippen LogP contribution is -2.22. The molecule has 124 valence electrons. The zero-order valence-corrected chi connectivity index (χ0v) is 15.0. The highest BCUT2D eigenvalue weighted by Gasteiger charge is 2.18. The van der Waals surface area contributed by atoms with Gasteiger partial charge in [-0.2, -0.15) is 5.26 Å². The monoisotopic (exact) mass is 388 g/mol. The van der Waals surface area contributed by atoms with E-state index < -0.39 is 5.56 Å². The van der Waals surface area contributed by atoms with Crippen molar-refractivity contribution < 1.29 is 5.11 Å². The molecule has 0 radical (unpaired) electrons. The highest BCUT2D eigenvalue weighted by atomic mass is 79.9. The standard InChI is InChI=1S/C17H17BrN4O2/c1-3-4-9-22-16(23)12(10-19)11(2)15(17(22)24)21-20-14-8-6-5-7-13(14)18/h5-8,23H,3-4,9H2,1-2H3. The minimum Gasteiger partial charge on any atom is -0.493 e. The third kappa shape index (κ3) is 3.54. The maximum Gasteiger partial charge on any atom is 0.281 e. The van der Waals surface area contributed by atoms with Crippen molar-refractivity contribution in [3.8, 4) is 11.9 Å². The Kier molecular flexibility index (Phi) is 5.88. The van der Waals surface area contributed by atoms with Crippen molar-refractivity contribution in [2.24, 2.45) is 10.2 Å². The fraction of sp³-hybridized carbons (Fsp3) is 0.294. The first-order chi connectivity index (χ1) is 11.5. The van der Waals surface area contributed by atoms with Crippen LogP contribution in [0.15, 0.2) is 43.8 Å². The van der Waals surface area contributed by atoms with Crippen LogP contribution in [-0.2, 0) is 6.54 Å². The van der Waals surface area contributed by atoms with Gasteiger partial charge >= 0.3 is 0 Å². The minimum atomic E-state index is -0.451. The lowest BCUT2D eigenvalue weighted by Gasteiger charge is -2.12. The zero-order chi connectivity index (χ0) is 17.7. The van der Waals surface area contributed by atoms with E-state index >= 15 is 0 Å². The summed E-state index contributed by atoms with van der Waals surface area (Å²) in [7, 11) is 0. The second-order valence-corrected chi connectivity index (χ2v) is 6.10. The molecule has 2 rings (SSSR count). The van der Waals surface area contributed by atoms with Crippen molar-refractivity contribution in [3.63, 3.8) is 0 Å². The number of aromatic nitrogens is 1. The number of azo groups is 1. The van der Waals surface area contributed by atoms with Crippen LogP contribution in [-0.4, -0.2) is 9.67 Å². The summed E-state index contributed by atoms with van der Waals surface area (Å²) in [6.07, 6.45) is 1.57. The van der Waals surface area contributed by atoms with E-state index in [4.69, 9.17) is 0 Å².